The first kappa shape index (κ1) is 11.5. The molecule has 5 heteroatoms. The topological polar surface area (TPSA) is 70.4 Å². The Labute approximate surface area is 108 Å². The summed E-state index contributed by atoms with van der Waals surface area (Å²) in [4.78, 5) is 11.7. The minimum absolute atomic E-state index is 0.155. The number of nitrogens with zero attached hydrogens (tertiary/aromatic N) is 1. The number of aromatic nitrogens is 1. The van der Waals surface area contributed by atoms with E-state index in [4.69, 9.17) is 0 Å². The number of carboxylic acids is 1. The molecule has 2 N–H and O–H groups in total. The smallest absolute Gasteiger partial charge is 0.315 e. The van der Waals surface area contributed by atoms with Crippen LogP contribution < -0.4 is 0 Å². The number of carboxylic acid groups (broad SMARTS) is 1. The molecule has 94 valence electrons. The van der Waals surface area contributed by atoms with Gasteiger partial charge in [0.2, 0.25) is 0 Å². The van der Waals surface area contributed by atoms with Gasteiger partial charge < -0.3 is 10.2 Å². The molecule has 0 saturated heterocycles. The van der Waals surface area contributed by atoms with E-state index in [1.54, 1.807) is 18.2 Å². The summed E-state index contributed by atoms with van der Waals surface area (Å²) in [6, 6.07) is 5.01. The highest BCUT2D eigenvalue weighted by molar-refractivity contribution is 7.13. The van der Waals surface area contributed by atoms with Gasteiger partial charge in [0, 0.05) is 5.39 Å². The van der Waals surface area contributed by atoms with Crippen LogP contribution in [0.25, 0.3) is 10.1 Å². The van der Waals surface area contributed by atoms with Crippen molar-refractivity contribution < 1.29 is 15.0 Å². The average molecular weight is 263 g/mol. The van der Waals surface area contributed by atoms with Crippen molar-refractivity contribution in [2.24, 2.45) is 0 Å². The van der Waals surface area contributed by atoms with Gasteiger partial charge in [-0.25, -0.2) is 0 Å². The van der Waals surface area contributed by atoms with Crippen molar-refractivity contribution in [3.05, 3.63) is 23.9 Å². The normalized spacial score (nSPS) is 18.2. The predicted molar refractivity (Wildman–Crippen MR) is 69.1 cm³/mol. The highest BCUT2D eigenvalue weighted by atomic mass is 32.1. The van der Waals surface area contributed by atoms with E-state index in [0.717, 1.165) is 22.9 Å². The fourth-order valence-corrected chi connectivity index (χ4v) is 3.65. The first-order valence-electron chi connectivity index (χ1n) is 5.96. The van der Waals surface area contributed by atoms with Crippen LogP contribution in [0.3, 0.4) is 0 Å². The molecule has 1 aromatic heterocycles. The number of benzene rings is 1. The Bertz CT molecular complexity index is 614. The standard InChI is InChI=1S/C13H13NO3S/c15-8-3-4-10-9(7-8)11(14-18-10)13(12(16)17)5-1-2-6-13/h3-4,7,15H,1-2,5-6H2,(H,16,17). The third-order valence-electron chi connectivity index (χ3n) is 3.77. The van der Waals surface area contributed by atoms with Gasteiger partial charge >= 0.3 is 5.97 Å². The lowest BCUT2D eigenvalue weighted by molar-refractivity contribution is -0.143. The van der Waals surface area contributed by atoms with E-state index in [2.05, 4.69) is 4.37 Å². The zero-order valence-electron chi connectivity index (χ0n) is 9.72. The van der Waals surface area contributed by atoms with Crippen LogP contribution in [0, 0.1) is 0 Å². The van der Waals surface area contributed by atoms with Crippen LogP contribution in [0.1, 0.15) is 31.4 Å². The quantitative estimate of drug-likeness (QED) is 0.874. The third-order valence-corrected chi connectivity index (χ3v) is 4.60. The predicted octanol–water partition coefficient (Wildman–Crippen LogP) is 2.90. The maximum atomic E-state index is 11.7. The summed E-state index contributed by atoms with van der Waals surface area (Å²) in [7, 11) is 0. The second kappa shape index (κ2) is 3.95. The summed E-state index contributed by atoms with van der Waals surface area (Å²) in [5, 5.41) is 19.9. The van der Waals surface area contributed by atoms with Crippen LogP contribution >= 0.6 is 11.5 Å². The Morgan fingerprint density at radius 1 is 1.33 bits per heavy atom. The lowest BCUT2D eigenvalue weighted by atomic mass is 9.81. The largest absolute Gasteiger partial charge is 0.508 e. The van der Waals surface area contributed by atoms with Gasteiger partial charge in [-0.05, 0) is 42.6 Å². The van der Waals surface area contributed by atoms with Gasteiger partial charge in [0.05, 0.1) is 10.4 Å². The fraction of sp³-hybridized carbons (Fsp3) is 0.385. The number of phenols is 1. The van der Waals surface area contributed by atoms with Crippen molar-refractivity contribution in [3.63, 3.8) is 0 Å². The molecule has 1 saturated carbocycles. The van der Waals surface area contributed by atoms with Crippen molar-refractivity contribution in [1.82, 2.24) is 4.37 Å². The Morgan fingerprint density at radius 3 is 2.72 bits per heavy atom. The number of carbonyl (C=O) groups is 1. The highest BCUT2D eigenvalue weighted by Gasteiger charge is 2.45. The molecular weight excluding hydrogens is 250 g/mol. The molecule has 0 atom stereocenters. The molecule has 0 amide bonds. The van der Waals surface area contributed by atoms with Gasteiger partial charge in [-0.2, -0.15) is 4.37 Å². The van der Waals surface area contributed by atoms with E-state index >= 15 is 0 Å². The van der Waals surface area contributed by atoms with E-state index in [0.29, 0.717) is 18.5 Å². The van der Waals surface area contributed by atoms with Crippen LogP contribution in [0.4, 0.5) is 0 Å². The van der Waals surface area contributed by atoms with Gasteiger partial charge in [0.15, 0.2) is 0 Å². The number of rotatable bonds is 2. The molecule has 0 bridgehead atoms. The minimum atomic E-state index is -0.855. The lowest BCUT2D eigenvalue weighted by Crippen LogP contribution is -2.33. The zero-order chi connectivity index (χ0) is 12.8. The monoisotopic (exact) mass is 263 g/mol. The van der Waals surface area contributed by atoms with Gasteiger partial charge in [-0.3, -0.25) is 4.79 Å². The summed E-state index contributed by atoms with van der Waals surface area (Å²) in [5.74, 6) is -0.641. The first-order chi connectivity index (χ1) is 8.63. The van der Waals surface area contributed by atoms with Crippen LogP contribution in [-0.4, -0.2) is 20.6 Å². The molecule has 3 rings (SSSR count). The molecule has 0 spiro atoms. The Balaban J connectivity index is 2.24. The SMILES string of the molecule is O=C(O)C1(c2nsc3ccc(O)cc23)CCCC1. The zero-order valence-corrected chi connectivity index (χ0v) is 10.5. The molecule has 2 aromatic rings. The number of aliphatic carboxylic acids is 1. The van der Waals surface area contributed by atoms with Crippen LogP contribution in [-0.2, 0) is 10.2 Å². The molecule has 0 unspecified atom stereocenters. The van der Waals surface area contributed by atoms with Gasteiger partial charge in [-0.1, -0.05) is 12.8 Å². The van der Waals surface area contributed by atoms with Crippen LogP contribution in [0.5, 0.6) is 5.75 Å². The van der Waals surface area contributed by atoms with Gasteiger partial charge in [-0.15, -0.1) is 0 Å². The van der Waals surface area contributed by atoms with E-state index in [9.17, 15) is 15.0 Å². The molecule has 0 radical (unpaired) electrons. The van der Waals surface area contributed by atoms with E-state index in [1.807, 2.05) is 0 Å². The van der Waals surface area contributed by atoms with E-state index < -0.39 is 11.4 Å². The highest BCUT2D eigenvalue weighted by Crippen LogP contribution is 2.44. The summed E-state index contributed by atoms with van der Waals surface area (Å²) >= 11 is 1.30. The van der Waals surface area contributed by atoms with Crippen LogP contribution in [0.2, 0.25) is 0 Å². The van der Waals surface area contributed by atoms with Crippen molar-refractivity contribution in [2.75, 3.05) is 0 Å². The van der Waals surface area contributed by atoms with Crippen LogP contribution in [0.15, 0.2) is 18.2 Å². The molecule has 1 aliphatic rings. The molecule has 1 heterocycles. The first-order valence-corrected chi connectivity index (χ1v) is 6.73. The molecule has 0 aliphatic heterocycles. The average Bonchev–Trinajstić information content (AvgIpc) is 2.94. The third kappa shape index (κ3) is 1.50. The number of hydrogen-bond donors (Lipinski definition) is 2. The number of aromatic hydroxyl groups is 1. The molecule has 18 heavy (non-hydrogen) atoms. The fourth-order valence-electron chi connectivity index (χ4n) is 2.80. The Hall–Kier alpha value is -1.62. The molecular formula is C13H13NO3S. The second-order valence-corrected chi connectivity index (χ2v) is 5.61. The lowest BCUT2D eigenvalue weighted by Gasteiger charge is -2.21. The van der Waals surface area contributed by atoms with Crippen molar-refractivity contribution in [2.45, 2.75) is 31.1 Å². The summed E-state index contributed by atoms with van der Waals surface area (Å²) < 4.78 is 5.29. The minimum Gasteiger partial charge on any atom is -0.508 e. The molecule has 1 aliphatic carbocycles. The van der Waals surface area contributed by atoms with E-state index in [-0.39, 0.29) is 5.75 Å². The Morgan fingerprint density at radius 2 is 2.06 bits per heavy atom. The maximum absolute atomic E-state index is 11.7. The summed E-state index contributed by atoms with van der Waals surface area (Å²) in [6.45, 7) is 0. The molecule has 4 nitrogen and oxygen atoms in total. The van der Waals surface area contributed by atoms with E-state index in [1.165, 1.54) is 11.5 Å². The maximum Gasteiger partial charge on any atom is 0.315 e. The number of fused-ring (bicyclic) bond motifs is 1. The van der Waals surface area contributed by atoms with Crippen molar-refractivity contribution in [3.8, 4) is 5.75 Å². The van der Waals surface area contributed by atoms with Gasteiger partial charge in [0.25, 0.3) is 0 Å². The second-order valence-electron chi connectivity index (χ2n) is 4.81. The van der Waals surface area contributed by atoms with Crippen molar-refractivity contribution >= 4 is 27.6 Å². The molecule has 1 fully saturated rings. The number of phenolic OH excluding ortho intramolecular Hbond substituents is 1. The summed E-state index contributed by atoms with van der Waals surface area (Å²) in [5.41, 5.74) is -0.227. The molecule has 1 aromatic carbocycles. The Kier molecular flexibility index (Phi) is 2.52. The van der Waals surface area contributed by atoms with Gasteiger partial charge in [0.1, 0.15) is 11.2 Å². The van der Waals surface area contributed by atoms with Crippen molar-refractivity contribution in [1.29, 1.82) is 0 Å². The number of hydrogen-bond acceptors (Lipinski definition) is 4. The summed E-state index contributed by atoms with van der Waals surface area (Å²) in [6.07, 6.45) is 3.11.